The number of nitrogens with one attached hydrogen (secondary N) is 3. The summed E-state index contributed by atoms with van der Waals surface area (Å²) >= 11 is 0. The maximum Gasteiger partial charge on any atom is 0.408 e. The van der Waals surface area contributed by atoms with Crippen LogP contribution < -0.4 is 16.0 Å². The summed E-state index contributed by atoms with van der Waals surface area (Å²) in [5.41, 5.74) is 1.37. The molecular formula is C32H42F2N4O6. The van der Waals surface area contributed by atoms with E-state index in [9.17, 15) is 24.3 Å². The highest BCUT2D eigenvalue weighted by Gasteiger charge is 2.51. The van der Waals surface area contributed by atoms with Gasteiger partial charge in [0.25, 0.3) is 5.91 Å². The summed E-state index contributed by atoms with van der Waals surface area (Å²) in [6.07, 6.45) is -2.59. The first-order valence-corrected chi connectivity index (χ1v) is 14.8. The topological polar surface area (TPSA) is 137 Å². The van der Waals surface area contributed by atoms with E-state index in [1.165, 1.54) is 18.7 Å². The first-order valence-electron chi connectivity index (χ1n) is 14.8. The van der Waals surface area contributed by atoms with Crippen molar-refractivity contribution in [3.05, 3.63) is 71.8 Å². The molecule has 0 saturated carbocycles. The third kappa shape index (κ3) is 8.98. The Bertz CT molecular complexity index is 1260. The Hall–Kier alpha value is -4.06. The summed E-state index contributed by atoms with van der Waals surface area (Å²) < 4.78 is 35.5. The van der Waals surface area contributed by atoms with Crippen molar-refractivity contribution in [1.29, 1.82) is 0 Å². The van der Waals surface area contributed by atoms with E-state index in [1.807, 2.05) is 6.07 Å². The average Bonchev–Trinajstić information content (AvgIpc) is 3.50. The second-order valence-corrected chi connectivity index (χ2v) is 11.6. The standard InChI is InChI=1S/C32H42F2N4O6/c1-20(2)25(27(39)32(33,34)30(42)35-18-22-12-7-5-8-13-22)36-28(40)24-16-11-17-38(24)29(41)26(21(3)4)37-31(43)44-19-23-14-9-6-10-15-23/h5-10,12-15,20-21,24-27,39H,11,16-19H2,1-4H3,(H,35,42)(H,36,40)(H,37,43)/t24?,25?,26-,27?/m0/s1. The Balaban J connectivity index is 1.65. The Kier molecular flexibility index (Phi) is 12.2. The third-order valence-electron chi connectivity index (χ3n) is 7.59. The molecule has 2 aromatic rings. The minimum absolute atomic E-state index is 0.00819. The summed E-state index contributed by atoms with van der Waals surface area (Å²) in [7, 11) is 0. The fourth-order valence-corrected chi connectivity index (χ4v) is 5.01. The molecule has 4 atom stereocenters. The number of alkyl carbamates (subject to hydrolysis) is 1. The average molecular weight is 617 g/mol. The number of nitrogens with zero attached hydrogens (tertiary/aromatic N) is 1. The quantitative estimate of drug-likeness (QED) is 0.273. The lowest BCUT2D eigenvalue weighted by Crippen LogP contribution is -2.61. The van der Waals surface area contributed by atoms with Crippen LogP contribution >= 0.6 is 0 Å². The molecule has 1 saturated heterocycles. The molecule has 0 aromatic heterocycles. The number of alkyl halides is 2. The van der Waals surface area contributed by atoms with Crippen molar-refractivity contribution in [3.8, 4) is 0 Å². The third-order valence-corrected chi connectivity index (χ3v) is 7.59. The van der Waals surface area contributed by atoms with Crippen molar-refractivity contribution >= 4 is 23.8 Å². The number of amides is 4. The number of hydrogen-bond donors (Lipinski definition) is 4. The molecule has 44 heavy (non-hydrogen) atoms. The number of carbonyl (C=O) groups excluding carboxylic acids is 4. The predicted molar refractivity (Wildman–Crippen MR) is 159 cm³/mol. The largest absolute Gasteiger partial charge is 0.445 e. The fourth-order valence-electron chi connectivity index (χ4n) is 5.01. The molecule has 0 aliphatic carbocycles. The summed E-state index contributed by atoms with van der Waals surface area (Å²) in [6.45, 7) is 6.60. The molecule has 1 heterocycles. The van der Waals surface area contributed by atoms with E-state index in [2.05, 4.69) is 16.0 Å². The van der Waals surface area contributed by atoms with Crippen LogP contribution in [0.4, 0.5) is 13.6 Å². The predicted octanol–water partition coefficient (Wildman–Crippen LogP) is 3.38. The maximum absolute atomic E-state index is 15.1. The van der Waals surface area contributed by atoms with Gasteiger partial charge in [-0.05, 0) is 35.8 Å². The van der Waals surface area contributed by atoms with Crippen molar-refractivity contribution in [1.82, 2.24) is 20.9 Å². The summed E-state index contributed by atoms with van der Waals surface area (Å²) in [5.74, 6) is -8.16. The summed E-state index contributed by atoms with van der Waals surface area (Å²) in [5, 5.41) is 17.9. The number of hydrogen-bond acceptors (Lipinski definition) is 6. The van der Waals surface area contributed by atoms with Gasteiger partial charge < -0.3 is 30.7 Å². The first-order chi connectivity index (χ1) is 20.8. The SMILES string of the molecule is CC(C)C(NC(=O)C1CCCN1C(=O)[C@@H](NC(=O)OCc1ccccc1)C(C)C)C(O)C(F)(F)C(=O)NCc1ccccc1. The van der Waals surface area contributed by atoms with Gasteiger partial charge in [0.15, 0.2) is 0 Å². The molecule has 1 fully saturated rings. The van der Waals surface area contributed by atoms with Gasteiger partial charge in [0.1, 0.15) is 24.8 Å². The van der Waals surface area contributed by atoms with Crippen LogP contribution in [0.15, 0.2) is 60.7 Å². The molecule has 4 amide bonds. The van der Waals surface area contributed by atoms with Crippen molar-refractivity contribution in [2.45, 2.75) is 83.8 Å². The molecule has 240 valence electrons. The van der Waals surface area contributed by atoms with E-state index in [1.54, 1.807) is 68.4 Å². The molecule has 10 nitrogen and oxygen atoms in total. The van der Waals surface area contributed by atoms with E-state index in [0.717, 1.165) is 5.56 Å². The zero-order valence-corrected chi connectivity index (χ0v) is 25.5. The second-order valence-electron chi connectivity index (χ2n) is 11.6. The lowest BCUT2D eigenvalue weighted by atomic mass is 9.93. The molecule has 1 aliphatic rings. The lowest BCUT2D eigenvalue weighted by Gasteiger charge is -2.34. The highest BCUT2D eigenvalue weighted by Crippen LogP contribution is 2.27. The van der Waals surface area contributed by atoms with Crippen LogP contribution in [0, 0.1) is 11.8 Å². The molecule has 3 unspecified atom stereocenters. The highest BCUT2D eigenvalue weighted by molar-refractivity contribution is 5.92. The molecule has 1 aliphatic heterocycles. The van der Waals surface area contributed by atoms with E-state index < -0.39 is 59.9 Å². The van der Waals surface area contributed by atoms with E-state index in [0.29, 0.717) is 12.0 Å². The van der Waals surface area contributed by atoms with E-state index in [4.69, 9.17) is 4.74 Å². The monoisotopic (exact) mass is 616 g/mol. The van der Waals surface area contributed by atoms with Crippen molar-refractivity contribution < 1.29 is 37.8 Å². The minimum atomic E-state index is -4.21. The number of carbonyl (C=O) groups is 4. The van der Waals surface area contributed by atoms with Crippen LogP contribution in [0.3, 0.4) is 0 Å². The van der Waals surface area contributed by atoms with Gasteiger partial charge in [-0.2, -0.15) is 8.78 Å². The zero-order chi connectivity index (χ0) is 32.4. The smallest absolute Gasteiger partial charge is 0.408 e. The fraction of sp³-hybridized carbons (Fsp3) is 0.500. The molecule has 0 radical (unpaired) electrons. The minimum Gasteiger partial charge on any atom is -0.445 e. The Morgan fingerprint density at radius 2 is 1.52 bits per heavy atom. The lowest BCUT2D eigenvalue weighted by molar-refractivity contribution is -0.169. The number of ether oxygens (including phenoxy) is 1. The van der Waals surface area contributed by atoms with Crippen LogP contribution in [0.2, 0.25) is 0 Å². The molecular weight excluding hydrogens is 574 g/mol. The van der Waals surface area contributed by atoms with Gasteiger partial charge in [0.2, 0.25) is 11.8 Å². The van der Waals surface area contributed by atoms with E-state index >= 15 is 8.78 Å². The van der Waals surface area contributed by atoms with Crippen molar-refractivity contribution in [3.63, 3.8) is 0 Å². The first kappa shape index (κ1) is 34.4. The van der Waals surface area contributed by atoms with Gasteiger partial charge in [-0.3, -0.25) is 14.4 Å². The Morgan fingerprint density at radius 1 is 0.932 bits per heavy atom. The number of benzene rings is 2. The summed E-state index contributed by atoms with van der Waals surface area (Å²) in [4.78, 5) is 53.2. The number of likely N-dealkylation sites (tertiary alicyclic amines) is 1. The normalized spacial score (nSPS) is 17.1. The van der Waals surface area contributed by atoms with Crippen LogP contribution in [-0.4, -0.2) is 70.5 Å². The zero-order valence-electron chi connectivity index (χ0n) is 25.5. The molecule has 0 bridgehead atoms. The van der Waals surface area contributed by atoms with Crippen LogP contribution in [0.5, 0.6) is 0 Å². The molecule has 4 N–H and O–H groups in total. The van der Waals surface area contributed by atoms with Gasteiger partial charge in [0.05, 0.1) is 6.04 Å². The van der Waals surface area contributed by atoms with Gasteiger partial charge in [0, 0.05) is 13.1 Å². The van der Waals surface area contributed by atoms with E-state index in [-0.39, 0.29) is 32.0 Å². The van der Waals surface area contributed by atoms with Gasteiger partial charge >= 0.3 is 12.0 Å². The number of halogens is 2. The van der Waals surface area contributed by atoms with Gasteiger partial charge in [-0.1, -0.05) is 88.4 Å². The number of aliphatic hydroxyl groups excluding tert-OH is 1. The van der Waals surface area contributed by atoms with Crippen molar-refractivity contribution in [2.75, 3.05) is 6.54 Å². The summed E-state index contributed by atoms with van der Waals surface area (Å²) in [6, 6.07) is 14.0. The number of aliphatic hydroxyl groups is 1. The van der Waals surface area contributed by atoms with Crippen LogP contribution in [0.25, 0.3) is 0 Å². The van der Waals surface area contributed by atoms with Crippen LogP contribution in [-0.2, 0) is 32.3 Å². The van der Waals surface area contributed by atoms with Crippen molar-refractivity contribution in [2.24, 2.45) is 11.8 Å². The van der Waals surface area contributed by atoms with Crippen LogP contribution in [0.1, 0.15) is 51.7 Å². The molecule has 0 spiro atoms. The maximum atomic E-state index is 15.1. The molecule has 3 rings (SSSR count). The Morgan fingerprint density at radius 3 is 2.09 bits per heavy atom. The van der Waals surface area contributed by atoms with Gasteiger partial charge in [-0.25, -0.2) is 4.79 Å². The van der Waals surface area contributed by atoms with Gasteiger partial charge in [-0.15, -0.1) is 0 Å². The molecule has 12 heteroatoms. The number of rotatable bonds is 13. The second kappa shape index (κ2) is 15.6. The molecule has 2 aromatic carbocycles. The highest BCUT2D eigenvalue weighted by atomic mass is 19.3. The Labute approximate surface area is 256 Å².